The maximum absolute atomic E-state index is 14.7. The summed E-state index contributed by atoms with van der Waals surface area (Å²) < 4.78 is 30.7. The average molecular weight is 345 g/mol. The molecule has 134 valence electrons. The minimum atomic E-state index is -1.90. The van der Waals surface area contributed by atoms with Gasteiger partial charge in [0.1, 0.15) is 17.5 Å². The average Bonchev–Trinajstić information content (AvgIpc) is 2.74. The number of carbonyl (C=O) groups is 1. The van der Waals surface area contributed by atoms with E-state index in [9.17, 15) is 19.1 Å². The summed E-state index contributed by atoms with van der Waals surface area (Å²) in [5.74, 6) is -0.0232. The topological polar surface area (TPSA) is 126 Å². The van der Waals surface area contributed by atoms with Crippen molar-refractivity contribution in [2.45, 2.75) is 51.0 Å². The van der Waals surface area contributed by atoms with Gasteiger partial charge >= 0.3 is 11.8 Å². The lowest BCUT2D eigenvalue weighted by Gasteiger charge is -2.23. The van der Waals surface area contributed by atoms with E-state index in [0.29, 0.717) is 0 Å². The van der Waals surface area contributed by atoms with Gasteiger partial charge < -0.3 is 25.1 Å². The van der Waals surface area contributed by atoms with Crippen molar-refractivity contribution in [3.8, 4) is 0 Å². The van der Waals surface area contributed by atoms with Crippen molar-refractivity contribution in [2.75, 3.05) is 12.3 Å². The zero-order valence-electron chi connectivity index (χ0n) is 13.5. The van der Waals surface area contributed by atoms with E-state index in [-0.39, 0.29) is 5.82 Å². The summed E-state index contributed by atoms with van der Waals surface area (Å²) in [5.41, 5.74) is 3.73. The summed E-state index contributed by atoms with van der Waals surface area (Å²) in [6.45, 7) is 4.26. The van der Waals surface area contributed by atoms with E-state index in [2.05, 4.69) is 4.98 Å². The van der Waals surface area contributed by atoms with E-state index in [1.165, 1.54) is 12.3 Å². The van der Waals surface area contributed by atoms with Gasteiger partial charge in [0.25, 0.3) is 0 Å². The molecule has 1 fully saturated rings. The van der Waals surface area contributed by atoms with Gasteiger partial charge in [0, 0.05) is 6.20 Å². The molecule has 0 aliphatic carbocycles. The van der Waals surface area contributed by atoms with Crippen molar-refractivity contribution in [3.05, 3.63) is 22.7 Å². The summed E-state index contributed by atoms with van der Waals surface area (Å²) in [7, 11) is 0. The fraction of sp³-hybridized carbons (Fsp3) is 0.643. The number of hydrogen-bond donors (Lipinski definition) is 2. The van der Waals surface area contributed by atoms with Crippen LogP contribution in [-0.2, 0) is 14.2 Å². The number of ether oxygens (including phenoxy) is 3. The molecule has 0 aromatic carbocycles. The van der Waals surface area contributed by atoms with Crippen LogP contribution in [0.4, 0.5) is 15.0 Å². The predicted molar refractivity (Wildman–Crippen MR) is 79.9 cm³/mol. The first-order chi connectivity index (χ1) is 11.1. The Morgan fingerprint density at radius 2 is 2.21 bits per heavy atom. The van der Waals surface area contributed by atoms with Crippen molar-refractivity contribution in [1.82, 2.24) is 9.55 Å². The van der Waals surface area contributed by atoms with Gasteiger partial charge in [-0.2, -0.15) is 4.98 Å². The van der Waals surface area contributed by atoms with E-state index in [0.717, 1.165) is 4.57 Å². The minimum Gasteiger partial charge on any atom is -0.429 e. The highest BCUT2D eigenvalue weighted by atomic mass is 19.1. The molecule has 1 aliphatic heterocycles. The Bertz CT molecular complexity index is 659. The maximum atomic E-state index is 14.7. The van der Waals surface area contributed by atoms with Crippen LogP contribution in [0.25, 0.3) is 0 Å². The molecule has 10 heteroatoms. The number of aliphatic hydroxyl groups is 1. The number of nitrogen functional groups attached to an aromatic ring is 1. The second-order valence-electron chi connectivity index (χ2n) is 6.28. The molecule has 0 saturated carbocycles. The molecule has 4 atom stereocenters. The first kappa shape index (κ1) is 18.1. The van der Waals surface area contributed by atoms with Crippen LogP contribution in [0.2, 0.25) is 0 Å². The summed E-state index contributed by atoms with van der Waals surface area (Å²) in [5, 5.41) is 9.33. The second-order valence-corrected chi connectivity index (χ2v) is 6.28. The molecule has 1 saturated heterocycles. The highest BCUT2D eigenvalue weighted by Gasteiger charge is 2.49. The highest BCUT2D eigenvalue weighted by molar-refractivity contribution is 5.61. The molecule has 0 radical (unpaired) electrons. The van der Waals surface area contributed by atoms with Crippen LogP contribution in [-0.4, -0.2) is 51.4 Å². The number of anilines is 1. The molecule has 1 aromatic rings. The standard InChI is InChI=1S/C14H20FN3O6/c1-14(2,3)24-13(21)23-10-7(6-19)22-11(9(10)15)18-5-4-8(16)17-12(18)20/h4-5,7,9-11,19H,6H2,1-3H3,(H2,16,17,20)/t7-,9?,10?,11-/m1/s1. The lowest BCUT2D eigenvalue weighted by Crippen LogP contribution is -2.38. The van der Waals surface area contributed by atoms with Crippen LogP contribution in [0.5, 0.6) is 0 Å². The number of nitrogens with two attached hydrogens (primary N) is 1. The third-order valence-electron chi connectivity index (χ3n) is 3.19. The smallest absolute Gasteiger partial charge is 0.429 e. The first-order valence-corrected chi connectivity index (χ1v) is 7.27. The Hall–Kier alpha value is -2.20. The largest absolute Gasteiger partial charge is 0.509 e. The van der Waals surface area contributed by atoms with Gasteiger partial charge in [-0.25, -0.2) is 14.0 Å². The quantitative estimate of drug-likeness (QED) is 0.753. The van der Waals surface area contributed by atoms with Gasteiger partial charge in [0.2, 0.25) is 0 Å². The number of aliphatic hydroxyl groups excluding tert-OH is 1. The number of nitrogens with zero attached hydrogens (tertiary/aromatic N) is 2. The number of aromatic nitrogens is 2. The monoisotopic (exact) mass is 345 g/mol. The molecule has 2 rings (SSSR count). The predicted octanol–water partition coefficient (Wildman–Crippen LogP) is 0.374. The van der Waals surface area contributed by atoms with Crippen molar-refractivity contribution in [2.24, 2.45) is 0 Å². The third kappa shape index (κ3) is 4.01. The molecule has 9 nitrogen and oxygen atoms in total. The van der Waals surface area contributed by atoms with Crippen LogP contribution in [0.1, 0.15) is 27.0 Å². The van der Waals surface area contributed by atoms with Crippen molar-refractivity contribution in [1.29, 1.82) is 0 Å². The maximum Gasteiger partial charge on any atom is 0.509 e. The van der Waals surface area contributed by atoms with Gasteiger partial charge in [-0.3, -0.25) is 4.57 Å². The lowest BCUT2D eigenvalue weighted by atomic mass is 10.1. The summed E-state index contributed by atoms with van der Waals surface area (Å²) >= 11 is 0. The normalized spacial score (nSPS) is 27.0. The molecule has 0 spiro atoms. The van der Waals surface area contributed by atoms with Crippen LogP contribution >= 0.6 is 0 Å². The zero-order chi connectivity index (χ0) is 18.1. The fourth-order valence-electron chi connectivity index (χ4n) is 2.21. The Morgan fingerprint density at radius 3 is 2.75 bits per heavy atom. The molecule has 1 aliphatic rings. The number of hydrogen-bond acceptors (Lipinski definition) is 8. The van der Waals surface area contributed by atoms with E-state index >= 15 is 0 Å². The molecule has 1 aromatic heterocycles. The molecule has 2 unspecified atom stereocenters. The third-order valence-corrected chi connectivity index (χ3v) is 3.19. The minimum absolute atomic E-state index is 0.0232. The molecule has 0 bridgehead atoms. The summed E-state index contributed by atoms with van der Waals surface area (Å²) in [6.07, 6.45) is -5.78. The van der Waals surface area contributed by atoms with Crippen LogP contribution < -0.4 is 11.4 Å². The van der Waals surface area contributed by atoms with Crippen LogP contribution in [0.15, 0.2) is 17.1 Å². The van der Waals surface area contributed by atoms with Crippen LogP contribution in [0, 0.1) is 0 Å². The van der Waals surface area contributed by atoms with Gasteiger partial charge in [0.05, 0.1) is 6.61 Å². The van der Waals surface area contributed by atoms with Gasteiger partial charge in [-0.15, -0.1) is 0 Å². The van der Waals surface area contributed by atoms with E-state index < -0.39 is 48.7 Å². The molecule has 24 heavy (non-hydrogen) atoms. The van der Waals surface area contributed by atoms with E-state index in [1.807, 2.05) is 0 Å². The number of carbonyl (C=O) groups excluding carboxylic acids is 1. The summed E-state index contributed by atoms with van der Waals surface area (Å²) in [4.78, 5) is 27.0. The second kappa shape index (κ2) is 6.73. The Morgan fingerprint density at radius 1 is 1.54 bits per heavy atom. The Balaban J connectivity index is 2.18. The number of rotatable bonds is 3. The number of alkyl halides is 1. The van der Waals surface area contributed by atoms with E-state index in [4.69, 9.17) is 19.9 Å². The lowest BCUT2D eigenvalue weighted by molar-refractivity contribution is -0.0691. The summed E-state index contributed by atoms with van der Waals surface area (Å²) in [6, 6.07) is 1.30. The molecule has 2 heterocycles. The Labute approximate surface area is 137 Å². The first-order valence-electron chi connectivity index (χ1n) is 7.27. The van der Waals surface area contributed by atoms with E-state index in [1.54, 1.807) is 20.8 Å². The highest BCUT2D eigenvalue weighted by Crippen LogP contribution is 2.33. The number of halogens is 1. The van der Waals surface area contributed by atoms with Gasteiger partial charge in [-0.1, -0.05) is 0 Å². The molecular formula is C14H20FN3O6. The zero-order valence-corrected chi connectivity index (χ0v) is 13.5. The van der Waals surface area contributed by atoms with Crippen molar-refractivity contribution >= 4 is 12.0 Å². The Kier molecular flexibility index (Phi) is 5.09. The van der Waals surface area contributed by atoms with Crippen molar-refractivity contribution < 1.29 is 28.5 Å². The van der Waals surface area contributed by atoms with Gasteiger partial charge in [-0.05, 0) is 26.8 Å². The molecule has 3 N–H and O–H groups in total. The fourth-order valence-corrected chi connectivity index (χ4v) is 2.21. The van der Waals surface area contributed by atoms with Crippen LogP contribution in [0.3, 0.4) is 0 Å². The van der Waals surface area contributed by atoms with Gasteiger partial charge in [0.15, 0.2) is 18.5 Å². The molecular weight excluding hydrogens is 325 g/mol. The van der Waals surface area contributed by atoms with Crippen molar-refractivity contribution in [3.63, 3.8) is 0 Å². The SMILES string of the molecule is CC(C)(C)OC(=O)OC1C(F)[C@H](n2ccc(N)nc2=O)O[C@@H]1CO. The molecule has 0 amide bonds.